The van der Waals surface area contributed by atoms with Gasteiger partial charge in [0.2, 0.25) is 0 Å². The van der Waals surface area contributed by atoms with Crippen LogP contribution in [0.15, 0.2) is 0 Å². The van der Waals surface area contributed by atoms with Crippen molar-refractivity contribution in [2.45, 2.75) is 46.5 Å². The van der Waals surface area contributed by atoms with Crippen molar-refractivity contribution in [2.24, 2.45) is 5.92 Å². The van der Waals surface area contributed by atoms with E-state index in [4.69, 9.17) is 5.11 Å². The zero-order chi connectivity index (χ0) is 11.7. The first-order chi connectivity index (χ1) is 7.13. The second kappa shape index (κ2) is 8.72. The Kier molecular flexibility index (Phi) is 8.38. The van der Waals surface area contributed by atoms with Crippen LogP contribution in [0.3, 0.4) is 0 Å². The van der Waals surface area contributed by atoms with Crippen molar-refractivity contribution in [1.82, 2.24) is 4.90 Å². The Hall–Kier alpha value is -0.570. The Balaban J connectivity index is 3.73. The van der Waals surface area contributed by atoms with E-state index in [2.05, 4.69) is 25.7 Å². The molecule has 0 bridgehead atoms. The number of carboxylic acids is 1. The molecule has 0 aliphatic heterocycles. The summed E-state index contributed by atoms with van der Waals surface area (Å²) in [5, 5.41) is 8.62. The summed E-state index contributed by atoms with van der Waals surface area (Å²) in [5.74, 6) is -0.0991. The van der Waals surface area contributed by atoms with Crippen molar-refractivity contribution in [1.29, 1.82) is 0 Å². The van der Waals surface area contributed by atoms with Gasteiger partial charge in [0, 0.05) is 6.42 Å². The highest BCUT2D eigenvalue weighted by Gasteiger charge is 2.10. The van der Waals surface area contributed by atoms with Crippen LogP contribution < -0.4 is 0 Å². The minimum Gasteiger partial charge on any atom is -0.481 e. The summed E-state index contributed by atoms with van der Waals surface area (Å²) < 4.78 is 0. The van der Waals surface area contributed by atoms with E-state index in [0.717, 1.165) is 38.9 Å². The van der Waals surface area contributed by atoms with Crippen molar-refractivity contribution in [3.63, 3.8) is 0 Å². The third kappa shape index (κ3) is 7.37. The summed E-state index contributed by atoms with van der Waals surface area (Å²) in [6.45, 7) is 9.76. The maximum absolute atomic E-state index is 10.5. The lowest BCUT2D eigenvalue weighted by atomic mass is 9.96. The van der Waals surface area contributed by atoms with E-state index in [0.29, 0.717) is 12.3 Å². The standard InChI is InChI=1S/C12H25NO2/c1-4-11(7-8-12(14)15)9-10-13(5-2)6-3/h11H,4-10H2,1-3H3,(H,14,15). The van der Waals surface area contributed by atoms with Crippen LogP contribution in [0.1, 0.15) is 46.5 Å². The Labute approximate surface area is 93.5 Å². The van der Waals surface area contributed by atoms with Crippen molar-refractivity contribution in [3.8, 4) is 0 Å². The summed E-state index contributed by atoms with van der Waals surface area (Å²) in [6.07, 6.45) is 3.36. The normalized spacial score (nSPS) is 13.1. The fourth-order valence-electron chi connectivity index (χ4n) is 1.79. The summed E-state index contributed by atoms with van der Waals surface area (Å²) in [6, 6.07) is 0. The Morgan fingerprint density at radius 3 is 2.20 bits per heavy atom. The molecule has 0 aliphatic carbocycles. The van der Waals surface area contributed by atoms with Gasteiger partial charge in [0.05, 0.1) is 0 Å². The maximum Gasteiger partial charge on any atom is 0.303 e. The van der Waals surface area contributed by atoms with Crippen molar-refractivity contribution >= 4 is 5.97 Å². The molecule has 3 heteroatoms. The van der Waals surface area contributed by atoms with E-state index in [9.17, 15) is 4.79 Å². The number of hydrogen-bond donors (Lipinski definition) is 1. The molecule has 0 aromatic rings. The zero-order valence-corrected chi connectivity index (χ0v) is 10.3. The fourth-order valence-corrected chi connectivity index (χ4v) is 1.79. The molecule has 0 aliphatic rings. The van der Waals surface area contributed by atoms with Gasteiger partial charge in [-0.15, -0.1) is 0 Å². The minimum atomic E-state index is -0.670. The van der Waals surface area contributed by atoms with Crippen LogP contribution >= 0.6 is 0 Å². The van der Waals surface area contributed by atoms with E-state index < -0.39 is 5.97 Å². The summed E-state index contributed by atoms with van der Waals surface area (Å²) in [7, 11) is 0. The van der Waals surface area contributed by atoms with Crippen molar-refractivity contribution in [3.05, 3.63) is 0 Å². The Morgan fingerprint density at radius 1 is 1.20 bits per heavy atom. The van der Waals surface area contributed by atoms with Crippen LogP contribution in [0, 0.1) is 5.92 Å². The minimum absolute atomic E-state index is 0.316. The van der Waals surface area contributed by atoms with Gasteiger partial charge >= 0.3 is 5.97 Å². The molecule has 0 saturated carbocycles. The lowest BCUT2D eigenvalue weighted by Gasteiger charge is -2.21. The smallest absolute Gasteiger partial charge is 0.303 e. The van der Waals surface area contributed by atoms with E-state index in [-0.39, 0.29) is 0 Å². The van der Waals surface area contributed by atoms with E-state index in [1.165, 1.54) is 0 Å². The Morgan fingerprint density at radius 2 is 1.80 bits per heavy atom. The zero-order valence-electron chi connectivity index (χ0n) is 10.3. The second-order valence-corrected chi connectivity index (χ2v) is 4.02. The highest BCUT2D eigenvalue weighted by atomic mass is 16.4. The molecule has 1 N–H and O–H groups in total. The summed E-state index contributed by atoms with van der Waals surface area (Å²) in [4.78, 5) is 12.9. The summed E-state index contributed by atoms with van der Waals surface area (Å²) in [5.41, 5.74) is 0. The van der Waals surface area contributed by atoms with Crippen LogP contribution in [0.4, 0.5) is 0 Å². The fraction of sp³-hybridized carbons (Fsp3) is 0.917. The quantitative estimate of drug-likeness (QED) is 0.642. The first-order valence-corrected chi connectivity index (χ1v) is 6.08. The molecule has 15 heavy (non-hydrogen) atoms. The molecule has 1 unspecified atom stereocenters. The number of nitrogens with zero attached hydrogens (tertiary/aromatic N) is 1. The second-order valence-electron chi connectivity index (χ2n) is 4.02. The third-order valence-electron chi connectivity index (χ3n) is 3.09. The molecule has 0 heterocycles. The van der Waals surface area contributed by atoms with Gasteiger partial charge in [-0.1, -0.05) is 27.2 Å². The van der Waals surface area contributed by atoms with E-state index in [1.54, 1.807) is 0 Å². The van der Waals surface area contributed by atoms with Gasteiger partial charge in [0.1, 0.15) is 0 Å². The highest BCUT2D eigenvalue weighted by Crippen LogP contribution is 2.15. The average Bonchev–Trinajstić information content (AvgIpc) is 2.23. The summed E-state index contributed by atoms with van der Waals surface area (Å²) >= 11 is 0. The first-order valence-electron chi connectivity index (χ1n) is 6.08. The first kappa shape index (κ1) is 14.4. The molecule has 3 nitrogen and oxygen atoms in total. The van der Waals surface area contributed by atoms with Gasteiger partial charge < -0.3 is 10.0 Å². The van der Waals surface area contributed by atoms with Crippen molar-refractivity contribution in [2.75, 3.05) is 19.6 Å². The van der Waals surface area contributed by atoms with Crippen molar-refractivity contribution < 1.29 is 9.90 Å². The van der Waals surface area contributed by atoms with Gasteiger partial charge in [-0.05, 0) is 38.4 Å². The molecule has 90 valence electrons. The van der Waals surface area contributed by atoms with Gasteiger partial charge in [-0.2, -0.15) is 0 Å². The molecule has 0 saturated heterocycles. The topological polar surface area (TPSA) is 40.5 Å². The molecule has 0 amide bonds. The number of carboxylic acid groups (broad SMARTS) is 1. The largest absolute Gasteiger partial charge is 0.481 e. The lowest BCUT2D eigenvalue weighted by molar-refractivity contribution is -0.137. The maximum atomic E-state index is 10.5. The van der Waals surface area contributed by atoms with E-state index in [1.807, 2.05) is 0 Å². The van der Waals surface area contributed by atoms with Crippen LogP contribution in [0.5, 0.6) is 0 Å². The van der Waals surface area contributed by atoms with Gasteiger partial charge in [-0.25, -0.2) is 0 Å². The number of aliphatic carboxylic acids is 1. The number of carbonyl (C=O) groups is 1. The third-order valence-corrected chi connectivity index (χ3v) is 3.09. The van der Waals surface area contributed by atoms with Crippen LogP contribution in [0.2, 0.25) is 0 Å². The van der Waals surface area contributed by atoms with Gasteiger partial charge in [0.25, 0.3) is 0 Å². The number of rotatable bonds is 9. The van der Waals surface area contributed by atoms with Crippen LogP contribution in [0.25, 0.3) is 0 Å². The molecule has 0 rings (SSSR count). The molecule has 1 atom stereocenters. The van der Waals surface area contributed by atoms with Gasteiger partial charge in [0.15, 0.2) is 0 Å². The monoisotopic (exact) mass is 215 g/mol. The highest BCUT2D eigenvalue weighted by molar-refractivity contribution is 5.66. The molecule has 0 spiro atoms. The predicted molar refractivity (Wildman–Crippen MR) is 63.1 cm³/mol. The average molecular weight is 215 g/mol. The molecule has 0 fully saturated rings. The molecule has 0 aromatic carbocycles. The predicted octanol–water partition coefficient (Wildman–Crippen LogP) is 2.61. The van der Waals surface area contributed by atoms with Crippen LogP contribution in [-0.2, 0) is 4.79 Å². The van der Waals surface area contributed by atoms with E-state index >= 15 is 0 Å². The molecule has 0 aromatic heterocycles. The van der Waals surface area contributed by atoms with Gasteiger partial charge in [-0.3, -0.25) is 4.79 Å². The van der Waals surface area contributed by atoms with Crippen LogP contribution in [-0.4, -0.2) is 35.6 Å². The molecule has 0 radical (unpaired) electrons. The molecular formula is C12H25NO2. The lowest BCUT2D eigenvalue weighted by Crippen LogP contribution is -2.25. The molecular weight excluding hydrogens is 190 g/mol. The number of hydrogen-bond acceptors (Lipinski definition) is 2. The SMILES string of the molecule is CCC(CCC(=O)O)CCN(CC)CC. The Bertz CT molecular complexity index is 167.